The van der Waals surface area contributed by atoms with E-state index in [9.17, 15) is 4.79 Å². The topological polar surface area (TPSA) is 92.3 Å². The molecule has 4 rings (SSSR count). The average Bonchev–Trinajstić information content (AvgIpc) is 2.90. The Labute approximate surface area is 126 Å². The van der Waals surface area contributed by atoms with Gasteiger partial charge in [-0.3, -0.25) is 14.7 Å². The minimum absolute atomic E-state index is 0.137. The number of aromatic nitrogens is 4. The summed E-state index contributed by atoms with van der Waals surface area (Å²) in [6.45, 7) is 2.13. The fraction of sp³-hybridized carbons (Fsp3) is 0.267. The van der Waals surface area contributed by atoms with E-state index in [1.807, 2.05) is 28.9 Å². The monoisotopic (exact) mass is 296 g/mol. The molecule has 0 spiro atoms. The molecule has 0 aromatic carbocycles. The minimum Gasteiger partial charge on any atom is -0.369 e. The first kappa shape index (κ1) is 13.0. The molecule has 4 heterocycles. The van der Waals surface area contributed by atoms with Crippen molar-refractivity contribution in [3.8, 4) is 0 Å². The Bertz CT molecular complexity index is 863. The normalized spacial score (nSPS) is 15.1. The number of aromatic amines is 1. The Balaban J connectivity index is 1.58. The first-order valence-electron chi connectivity index (χ1n) is 7.22. The summed E-state index contributed by atoms with van der Waals surface area (Å²) in [5, 5.41) is 4.55. The molecule has 0 saturated heterocycles. The number of nitrogen functional groups attached to an aromatic ring is 1. The van der Waals surface area contributed by atoms with Crippen molar-refractivity contribution in [1.29, 1.82) is 0 Å². The highest BCUT2D eigenvalue weighted by molar-refractivity contribution is 5.46. The van der Waals surface area contributed by atoms with Crippen LogP contribution in [0.25, 0.3) is 5.52 Å². The Morgan fingerprint density at radius 1 is 1.36 bits per heavy atom. The van der Waals surface area contributed by atoms with Gasteiger partial charge in [0.15, 0.2) is 0 Å². The van der Waals surface area contributed by atoms with Crippen molar-refractivity contribution in [3.63, 3.8) is 0 Å². The summed E-state index contributed by atoms with van der Waals surface area (Å²) < 4.78 is 1.86. The van der Waals surface area contributed by atoms with Crippen molar-refractivity contribution >= 4 is 11.5 Å². The van der Waals surface area contributed by atoms with E-state index in [4.69, 9.17) is 5.73 Å². The molecule has 0 fully saturated rings. The summed E-state index contributed by atoms with van der Waals surface area (Å²) in [5.41, 5.74) is 9.05. The zero-order valence-electron chi connectivity index (χ0n) is 12.0. The molecule has 1 aliphatic heterocycles. The van der Waals surface area contributed by atoms with E-state index in [0.717, 1.165) is 29.9 Å². The van der Waals surface area contributed by atoms with E-state index in [1.165, 1.54) is 0 Å². The third-order valence-corrected chi connectivity index (χ3v) is 3.97. The van der Waals surface area contributed by atoms with Crippen LogP contribution in [0.4, 0.5) is 5.95 Å². The highest BCUT2D eigenvalue weighted by atomic mass is 16.1. The summed E-state index contributed by atoms with van der Waals surface area (Å²) >= 11 is 0. The van der Waals surface area contributed by atoms with Crippen LogP contribution in [-0.4, -0.2) is 31.0 Å². The third kappa shape index (κ3) is 2.25. The molecule has 3 N–H and O–H groups in total. The van der Waals surface area contributed by atoms with Crippen molar-refractivity contribution in [2.75, 3.05) is 12.3 Å². The lowest BCUT2D eigenvalue weighted by Gasteiger charge is -2.26. The zero-order chi connectivity index (χ0) is 15.1. The van der Waals surface area contributed by atoms with Crippen LogP contribution < -0.4 is 11.3 Å². The summed E-state index contributed by atoms with van der Waals surface area (Å²) in [7, 11) is 0. The highest BCUT2D eigenvalue weighted by Gasteiger charge is 2.21. The van der Waals surface area contributed by atoms with Gasteiger partial charge in [0, 0.05) is 32.3 Å². The van der Waals surface area contributed by atoms with Crippen LogP contribution in [0.3, 0.4) is 0 Å². The largest absolute Gasteiger partial charge is 0.369 e. The molecule has 0 atom stereocenters. The lowest BCUT2D eigenvalue weighted by Crippen LogP contribution is -2.35. The molecule has 1 aliphatic rings. The number of pyridine rings is 1. The number of nitrogens with two attached hydrogens (primary N) is 1. The average molecular weight is 296 g/mol. The van der Waals surface area contributed by atoms with Gasteiger partial charge in [-0.15, -0.1) is 0 Å². The van der Waals surface area contributed by atoms with Gasteiger partial charge in [-0.1, -0.05) is 6.07 Å². The second-order valence-corrected chi connectivity index (χ2v) is 5.54. The Hall–Kier alpha value is -2.67. The first-order chi connectivity index (χ1) is 10.7. The van der Waals surface area contributed by atoms with Gasteiger partial charge in [-0.05, 0) is 18.2 Å². The number of nitrogens with zero attached hydrogens (tertiary/aromatic N) is 4. The van der Waals surface area contributed by atoms with E-state index in [1.54, 1.807) is 0 Å². The van der Waals surface area contributed by atoms with Crippen LogP contribution in [0, 0.1) is 0 Å². The number of rotatable bonds is 2. The SMILES string of the molecule is Nc1nc2c(c(=O)[nH]1)CN(Cc1cc3ccccn3n1)CC2. The van der Waals surface area contributed by atoms with Gasteiger partial charge >= 0.3 is 0 Å². The number of hydrogen-bond acceptors (Lipinski definition) is 5. The lowest BCUT2D eigenvalue weighted by molar-refractivity contribution is 0.239. The second-order valence-electron chi connectivity index (χ2n) is 5.54. The molecule has 0 saturated carbocycles. The first-order valence-corrected chi connectivity index (χ1v) is 7.22. The maximum atomic E-state index is 12.0. The van der Waals surface area contributed by atoms with Gasteiger partial charge < -0.3 is 5.73 Å². The van der Waals surface area contributed by atoms with E-state index < -0.39 is 0 Å². The highest BCUT2D eigenvalue weighted by Crippen LogP contribution is 2.17. The van der Waals surface area contributed by atoms with Crippen LogP contribution in [0.15, 0.2) is 35.3 Å². The van der Waals surface area contributed by atoms with Crippen LogP contribution in [0.2, 0.25) is 0 Å². The molecule has 7 heteroatoms. The fourth-order valence-corrected chi connectivity index (χ4v) is 2.93. The molecule has 112 valence electrons. The Morgan fingerprint density at radius 3 is 3.14 bits per heavy atom. The smallest absolute Gasteiger partial charge is 0.257 e. The van der Waals surface area contributed by atoms with Gasteiger partial charge in [0.2, 0.25) is 5.95 Å². The maximum Gasteiger partial charge on any atom is 0.257 e. The van der Waals surface area contributed by atoms with Gasteiger partial charge in [-0.2, -0.15) is 5.10 Å². The Kier molecular flexibility index (Phi) is 2.93. The van der Waals surface area contributed by atoms with E-state index in [-0.39, 0.29) is 11.5 Å². The summed E-state index contributed by atoms with van der Waals surface area (Å²) in [4.78, 5) is 21.0. The van der Waals surface area contributed by atoms with Gasteiger partial charge in [-0.25, -0.2) is 9.50 Å². The van der Waals surface area contributed by atoms with E-state index in [2.05, 4.69) is 26.0 Å². The molecule has 0 aliphatic carbocycles. The van der Waals surface area contributed by atoms with Crippen LogP contribution in [0.5, 0.6) is 0 Å². The predicted octanol–water partition coefficient (Wildman–Crippen LogP) is 0.558. The van der Waals surface area contributed by atoms with E-state index in [0.29, 0.717) is 18.7 Å². The fourth-order valence-electron chi connectivity index (χ4n) is 2.93. The Morgan fingerprint density at radius 2 is 2.27 bits per heavy atom. The molecule has 3 aromatic heterocycles. The summed E-state index contributed by atoms with van der Waals surface area (Å²) in [5.74, 6) is 0.192. The predicted molar refractivity (Wildman–Crippen MR) is 82.3 cm³/mol. The third-order valence-electron chi connectivity index (χ3n) is 3.97. The number of fused-ring (bicyclic) bond motifs is 2. The van der Waals surface area contributed by atoms with Crippen molar-refractivity contribution in [2.24, 2.45) is 0 Å². The minimum atomic E-state index is -0.137. The number of hydrogen-bond donors (Lipinski definition) is 2. The van der Waals surface area contributed by atoms with Crippen LogP contribution >= 0.6 is 0 Å². The number of anilines is 1. The molecule has 3 aromatic rings. The molecule has 7 nitrogen and oxygen atoms in total. The van der Waals surface area contributed by atoms with Crippen molar-refractivity contribution in [3.05, 3.63) is 57.8 Å². The molecular weight excluding hydrogens is 280 g/mol. The number of nitrogens with one attached hydrogen (secondary N) is 1. The maximum absolute atomic E-state index is 12.0. The second kappa shape index (κ2) is 4.96. The summed E-state index contributed by atoms with van der Waals surface area (Å²) in [6, 6.07) is 8.05. The summed E-state index contributed by atoms with van der Waals surface area (Å²) in [6.07, 6.45) is 2.67. The molecular formula is C15H16N6O. The van der Waals surface area contributed by atoms with Crippen LogP contribution in [-0.2, 0) is 19.5 Å². The van der Waals surface area contributed by atoms with Crippen LogP contribution in [0.1, 0.15) is 17.0 Å². The van der Waals surface area contributed by atoms with Gasteiger partial charge in [0.05, 0.1) is 22.5 Å². The van der Waals surface area contributed by atoms with Crippen molar-refractivity contribution in [2.45, 2.75) is 19.5 Å². The van der Waals surface area contributed by atoms with Crippen molar-refractivity contribution in [1.82, 2.24) is 24.5 Å². The van der Waals surface area contributed by atoms with Crippen molar-refractivity contribution < 1.29 is 0 Å². The molecule has 22 heavy (non-hydrogen) atoms. The molecule has 0 unspecified atom stereocenters. The van der Waals surface area contributed by atoms with E-state index >= 15 is 0 Å². The van der Waals surface area contributed by atoms with Gasteiger partial charge in [0.25, 0.3) is 5.56 Å². The molecule has 0 amide bonds. The zero-order valence-corrected chi connectivity index (χ0v) is 12.0. The lowest BCUT2D eigenvalue weighted by atomic mass is 10.1. The molecule has 0 radical (unpaired) electrons. The van der Waals surface area contributed by atoms with Gasteiger partial charge in [0.1, 0.15) is 0 Å². The quantitative estimate of drug-likeness (QED) is 0.721. The standard InChI is InChI=1S/C15H16N6O/c16-15-17-13-4-6-20(9-12(13)14(22)18-15)8-10-7-11-3-1-2-5-21(11)19-10/h1-3,5,7H,4,6,8-9H2,(H3,16,17,18,22). The number of H-pyrrole nitrogens is 1. The molecule has 0 bridgehead atoms.